The Morgan fingerprint density at radius 1 is 0.970 bits per heavy atom. The summed E-state index contributed by atoms with van der Waals surface area (Å²) in [5.74, 6) is -1.57. The molecule has 2 amide bonds. The predicted molar refractivity (Wildman–Crippen MR) is 121 cm³/mol. The van der Waals surface area contributed by atoms with Gasteiger partial charge >= 0.3 is 12.1 Å². The number of hydrogen-bond acceptors (Lipinski definition) is 5. The Kier molecular flexibility index (Phi) is 6.93. The first-order valence-electron chi connectivity index (χ1n) is 11.2. The van der Waals surface area contributed by atoms with Crippen molar-refractivity contribution in [2.45, 2.75) is 43.7 Å². The zero-order valence-electron chi connectivity index (χ0n) is 18.2. The number of aliphatic hydroxyl groups excluding tert-OH is 1. The Morgan fingerprint density at radius 3 is 2.12 bits per heavy atom. The van der Waals surface area contributed by atoms with Crippen molar-refractivity contribution in [2.75, 3.05) is 13.2 Å². The van der Waals surface area contributed by atoms with E-state index in [0.717, 1.165) is 35.1 Å². The van der Waals surface area contributed by atoms with Gasteiger partial charge in [-0.05, 0) is 41.0 Å². The highest BCUT2D eigenvalue weighted by atomic mass is 16.5. The number of carbonyl (C=O) groups excluding carboxylic acids is 2. The van der Waals surface area contributed by atoms with Gasteiger partial charge in [0.25, 0.3) is 0 Å². The summed E-state index contributed by atoms with van der Waals surface area (Å²) in [7, 11) is 0. The second kappa shape index (κ2) is 10.0. The van der Waals surface area contributed by atoms with E-state index < -0.39 is 30.1 Å². The molecule has 4 rings (SSSR count). The van der Waals surface area contributed by atoms with Gasteiger partial charge in [0.2, 0.25) is 5.91 Å². The number of carbonyl (C=O) groups is 3. The number of aliphatic hydroxyl groups is 1. The highest BCUT2D eigenvalue weighted by Gasteiger charge is 2.35. The van der Waals surface area contributed by atoms with Gasteiger partial charge in [0, 0.05) is 31.4 Å². The lowest BCUT2D eigenvalue weighted by atomic mass is 9.98. The van der Waals surface area contributed by atoms with Crippen LogP contribution in [0.4, 0.5) is 4.79 Å². The molecule has 174 valence electrons. The quantitative estimate of drug-likeness (QED) is 0.439. The number of alkyl carbamates (subject to hydrolysis) is 1. The van der Waals surface area contributed by atoms with Gasteiger partial charge in [-0.15, -0.1) is 0 Å². The number of carboxylic acids is 1. The van der Waals surface area contributed by atoms with E-state index in [-0.39, 0.29) is 37.9 Å². The van der Waals surface area contributed by atoms with Gasteiger partial charge in [-0.3, -0.25) is 4.79 Å². The fourth-order valence-corrected chi connectivity index (χ4v) is 4.47. The second-order valence-corrected chi connectivity index (χ2v) is 8.59. The third-order valence-corrected chi connectivity index (χ3v) is 6.29. The molecule has 0 aliphatic heterocycles. The van der Waals surface area contributed by atoms with Crippen LogP contribution in [-0.4, -0.2) is 53.5 Å². The third kappa shape index (κ3) is 5.34. The fourth-order valence-electron chi connectivity index (χ4n) is 4.47. The van der Waals surface area contributed by atoms with Crippen LogP contribution in [0.1, 0.15) is 42.7 Å². The molecule has 0 heterocycles. The molecule has 0 spiro atoms. The maximum absolute atomic E-state index is 12.6. The van der Waals surface area contributed by atoms with Crippen LogP contribution in [0.3, 0.4) is 0 Å². The zero-order valence-corrected chi connectivity index (χ0v) is 18.2. The van der Waals surface area contributed by atoms with E-state index in [4.69, 9.17) is 14.9 Å². The van der Waals surface area contributed by atoms with E-state index in [0.29, 0.717) is 0 Å². The van der Waals surface area contributed by atoms with Gasteiger partial charge in [0.1, 0.15) is 12.6 Å². The average Bonchev–Trinajstić information content (AvgIpc) is 3.60. The fraction of sp³-hybridized carbons (Fsp3) is 0.400. The summed E-state index contributed by atoms with van der Waals surface area (Å²) in [6.45, 7) is -0.164. The van der Waals surface area contributed by atoms with Crippen LogP contribution < -0.4 is 10.6 Å². The van der Waals surface area contributed by atoms with E-state index in [1.807, 2.05) is 36.4 Å². The van der Waals surface area contributed by atoms with Crippen molar-refractivity contribution in [3.63, 3.8) is 0 Å². The van der Waals surface area contributed by atoms with Crippen molar-refractivity contribution in [3.05, 3.63) is 59.7 Å². The third-order valence-electron chi connectivity index (χ3n) is 6.29. The molecule has 1 fully saturated rings. The Labute approximate surface area is 192 Å². The van der Waals surface area contributed by atoms with Crippen LogP contribution in [-0.2, 0) is 14.3 Å². The Balaban J connectivity index is 1.35. The maximum atomic E-state index is 12.6. The largest absolute Gasteiger partial charge is 0.480 e. The predicted octanol–water partition coefficient (Wildman–Crippen LogP) is 2.65. The molecule has 0 radical (unpaired) electrons. The number of aliphatic carboxylic acids is 1. The Hall–Kier alpha value is -3.39. The molecule has 0 bridgehead atoms. The topological polar surface area (TPSA) is 125 Å². The summed E-state index contributed by atoms with van der Waals surface area (Å²) in [5.41, 5.74) is 4.53. The first-order chi connectivity index (χ1) is 16.0. The molecule has 0 aromatic heterocycles. The standard InChI is InChI=1S/C25H28N2O6/c28-12-11-21(24(30)31)26-23(29)13-22(15-9-10-15)27-25(32)33-14-20-18-7-3-1-5-16(18)17-6-2-4-8-19(17)20/h1-8,15,20-22,28H,9-14H2,(H,26,29)(H,27,32)(H,30,31)/t21-,22?/m1/s1. The minimum Gasteiger partial charge on any atom is -0.480 e. The van der Waals surface area contributed by atoms with Crippen LogP contribution in [0.2, 0.25) is 0 Å². The molecule has 8 nitrogen and oxygen atoms in total. The minimum absolute atomic E-state index is 0.0376. The van der Waals surface area contributed by atoms with Gasteiger partial charge in [-0.1, -0.05) is 48.5 Å². The van der Waals surface area contributed by atoms with E-state index in [2.05, 4.69) is 22.8 Å². The average molecular weight is 453 g/mol. The van der Waals surface area contributed by atoms with E-state index in [1.165, 1.54) is 0 Å². The molecule has 2 atom stereocenters. The normalized spacial score (nSPS) is 16.3. The highest BCUT2D eigenvalue weighted by molar-refractivity contribution is 5.84. The summed E-state index contributed by atoms with van der Waals surface area (Å²) >= 11 is 0. The smallest absolute Gasteiger partial charge is 0.407 e. The number of amides is 2. The summed E-state index contributed by atoms with van der Waals surface area (Å²) in [4.78, 5) is 36.1. The number of ether oxygens (including phenoxy) is 1. The molecule has 2 aliphatic rings. The maximum Gasteiger partial charge on any atom is 0.407 e. The summed E-state index contributed by atoms with van der Waals surface area (Å²) in [6.07, 6.45) is 1.08. The van der Waals surface area contributed by atoms with Crippen molar-refractivity contribution in [2.24, 2.45) is 5.92 Å². The first kappa shape index (κ1) is 22.8. The van der Waals surface area contributed by atoms with E-state index >= 15 is 0 Å². The van der Waals surface area contributed by atoms with Crippen molar-refractivity contribution >= 4 is 18.0 Å². The molecule has 8 heteroatoms. The Morgan fingerprint density at radius 2 is 1.58 bits per heavy atom. The van der Waals surface area contributed by atoms with Crippen LogP contribution >= 0.6 is 0 Å². The molecular weight excluding hydrogens is 424 g/mol. The number of rotatable bonds is 10. The molecule has 4 N–H and O–H groups in total. The molecule has 33 heavy (non-hydrogen) atoms. The molecular formula is C25H28N2O6. The van der Waals surface area contributed by atoms with E-state index in [1.54, 1.807) is 0 Å². The summed E-state index contributed by atoms with van der Waals surface area (Å²) in [6, 6.07) is 14.6. The molecule has 1 saturated carbocycles. The number of carboxylic acid groups (broad SMARTS) is 1. The lowest BCUT2D eigenvalue weighted by Crippen LogP contribution is -2.46. The highest BCUT2D eigenvalue weighted by Crippen LogP contribution is 2.44. The molecule has 2 aromatic carbocycles. The molecule has 2 aromatic rings. The summed E-state index contributed by atoms with van der Waals surface area (Å²) < 4.78 is 5.58. The van der Waals surface area contributed by atoms with Gasteiger partial charge < -0.3 is 25.6 Å². The van der Waals surface area contributed by atoms with Gasteiger partial charge in [-0.25, -0.2) is 9.59 Å². The second-order valence-electron chi connectivity index (χ2n) is 8.59. The van der Waals surface area contributed by atoms with Crippen LogP contribution in [0.25, 0.3) is 11.1 Å². The van der Waals surface area contributed by atoms with Crippen molar-refractivity contribution < 1.29 is 29.3 Å². The first-order valence-corrected chi connectivity index (χ1v) is 11.2. The van der Waals surface area contributed by atoms with Crippen molar-refractivity contribution in [1.82, 2.24) is 10.6 Å². The van der Waals surface area contributed by atoms with Crippen LogP contribution in [0.15, 0.2) is 48.5 Å². The number of fused-ring (bicyclic) bond motifs is 3. The van der Waals surface area contributed by atoms with Crippen molar-refractivity contribution in [1.29, 1.82) is 0 Å². The van der Waals surface area contributed by atoms with Crippen LogP contribution in [0, 0.1) is 5.92 Å². The molecule has 0 saturated heterocycles. The van der Waals surface area contributed by atoms with E-state index in [9.17, 15) is 14.4 Å². The SMILES string of the molecule is O=C(CC(NC(=O)OCC1c2ccccc2-c2ccccc21)C1CC1)N[C@H](CCO)C(=O)O. The lowest BCUT2D eigenvalue weighted by Gasteiger charge is -2.20. The number of hydrogen-bond donors (Lipinski definition) is 4. The van der Waals surface area contributed by atoms with Crippen molar-refractivity contribution in [3.8, 4) is 11.1 Å². The summed E-state index contributed by atoms with van der Waals surface area (Å²) in [5, 5.41) is 23.3. The minimum atomic E-state index is -1.20. The zero-order chi connectivity index (χ0) is 23.4. The van der Waals surface area contributed by atoms with Gasteiger partial charge in [-0.2, -0.15) is 0 Å². The molecule has 1 unspecified atom stereocenters. The van der Waals surface area contributed by atoms with Crippen LogP contribution in [0.5, 0.6) is 0 Å². The monoisotopic (exact) mass is 452 g/mol. The Bertz CT molecular complexity index is 990. The van der Waals surface area contributed by atoms with Gasteiger partial charge in [0.05, 0.1) is 0 Å². The molecule has 2 aliphatic carbocycles. The lowest BCUT2D eigenvalue weighted by molar-refractivity contribution is -0.142. The number of nitrogens with one attached hydrogen (secondary N) is 2. The number of benzene rings is 2. The van der Waals surface area contributed by atoms with Gasteiger partial charge in [0.15, 0.2) is 0 Å².